The van der Waals surface area contributed by atoms with Crippen LogP contribution in [0.3, 0.4) is 0 Å². The second kappa shape index (κ2) is 16.2. The normalized spacial score (nSPS) is 9.97. The summed E-state index contributed by atoms with van der Waals surface area (Å²) in [7, 11) is 0.532. The fraction of sp³-hybridized carbons (Fsp3) is 0.269. The van der Waals surface area contributed by atoms with Crippen molar-refractivity contribution in [3.63, 3.8) is 0 Å². The van der Waals surface area contributed by atoms with Gasteiger partial charge in [-0.3, -0.25) is 14.4 Å². The van der Waals surface area contributed by atoms with E-state index in [1.54, 1.807) is 19.1 Å². The Bertz CT molecular complexity index is 1100. The van der Waals surface area contributed by atoms with E-state index in [-0.39, 0.29) is 11.5 Å². The molecule has 0 saturated carbocycles. The molecule has 1 aromatic heterocycles. The SMILES string of the molecule is C=O.CC(=O)NCCc1cccc(-c2ccc(=O)n(Cc3ccccc3)n2)c1.CCPC(C)=O. The number of hydrogen-bond acceptors (Lipinski definition) is 5. The van der Waals surface area contributed by atoms with E-state index in [0.717, 1.165) is 35.0 Å². The van der Waals surface area contributed by atoms with Gasteiger partial charge in [0.2, 0.25) is 5.91 Å². The van der Waals surface area contributed by atoms with Crippen molar-refractivity contribution >= 4 is 26.8 Å². The van der Waals surface area contributed by atoms with E-state index < -0.39 is 0 Å². The summed E-state index contributed by atoms with van der Waals surface area (Å²) in [6.07, 6.45) is 1.76. The van der Waals surface area contributed by atoms with E-state index in [0.29, 0.717) is 27.2 Å². The number of rotatable bonds is 8. The van der Waals surface area contributed by atoms with E-state index in [1.165, 1.54) is 11.6 Å². The number of carbonyl (C=O) groups excluding carboxylic acids is 3. The van der Waals surface area contributed by atoms with Gasteiger partial charge >= 0.3 is 0 Å². The largest absolute Gasteiger partial charge is 0.356 e. The van der Waals surface area contributed by atoms with E-state index in [1.807, 2.05) is 68.3 Å². The van der Waals surface area contributed by atoms with Crippen molar-refractivity contribution in [2.24, 2.45) is 0 Å². The number of amides is 1. The Morgan fingerprint density at radius 1 is 0.971 bits per heavy atom. The van der Waals surface area contributed by atoms with E-state index in [4.69, 9.17) is 4.79 Å². The van der Waals surface area contributed by atoms with Gasteiger partial charge in [-0.15, -0.1) is 0 Å². The van der Waals surface area contributed by atoms with Crippen LogP contribution in [0.4, 0.5) is 0 Å². The highest BCUT2D eigenvalue weighted by atomic mass is 31.1. The maximum atomic E-state index is 12.1. The highest BCUT2D eigenvalue weighted by Gasteiger charge is 2.05. The monoisotopic (exact) mass is 481 g/mol. The Morgan fingerprint density at radius 2 is 1.65 bits per heavy atom. The van der Waals surface area contributed by atoms with Gasteiger partial charge < -0.3 is 10.1 Å². The fourth-order valence-electron chi connectivity index (χ4n) is 2.99. The van der Waals surface area contributed by atoms with Gasteiger partial charge in [-0.2, -0.15) is 5.10 Å². The summed E-state index contributed by atoms with van der Waals surface area (Å²) in [4.78, 5) is 41.2. The molecule has 8 heteroatoms. The van der Waals surface area contributed by atoms with Crippen LogP contribution in [0.25, 0.3) is 11.3 Å². The Morgan fingerprint density at radius 3 is 2.24 bits per heavy atom. The van der Waals surface area contributed by atoms with Crippen LogP contribution in [-0.4, -0.2) is 40.7 Å². The molecule has 0 saturated heterocycles. The lowest BCUT2D eigenvalue weighted by atomic mass is 10.1. The number of hydrogen-bond donors (Lipinski definition) is 1. The van der Waals surface area contributed by atoms with Crippen LogP contribution < -0.4 is 10.9 Å². The van der Waals surface area contributed by atoms with E-state index in [9.17, 15) is 14.4 Å². The molecule has 3 aromatic rings. The first kappa shape index (κ1) is 28.6. The summed E-state index contributed by atoms with van der Waals surface area (Å²) in [6, 6.07) is 21.1. The molecule has 1 unspecified atom stereocenters. The average molecular weight is 482 g/mol. The number of benzene rings is 2. The first-order chi connectivity index (χ1) is 16.4. The lowest BCUT2D eigenvalue weighted by Gasteiger charge is -2.09. The third kappa shape index (κ3) is 10.9. The van der Waals surface area contributed by atoms with Crippen molar-refractivity contribution in [3.05, 3.63) is 88.2 Å². The zero-order valence-electron chi connectivity index (χ0n) is 19.9. The minimum absolute atomic E-state index is 0.0317. The second-order valence-electron chi connectivity index (χ2n) is 7.22. The molecule has 2 aromatic carbocycles. The van der Waals surface area contributed by atoms with Gasteiger partial charge in [0.05, 0.1) is 12.2 Å². The molecule has 7 nitrogen and oxygen atoms in total. The van der Waals surface area contributed by atoms with Crippen molar-refractivity contribution in [1.82, 2.24) is 15.1 Å². The molecular weight excluding hydrogens is 449 g/mol. The van der Waals surface area contributed by atoms with Crippen LogP contribution in [0.5, 0.6) is 0 Å². The number of aromatic nitrogens is 2. The summed E-state index contributed by atoms with van der Waals surface area (Å²) >= 11 is 0. The molecule has 1 N–H and O–H groups in total. The van der Waals surface area contributed by atoms with Crippen LogP contribution in [0.15, 0.2) is 71.5 Å². The molecule has 0 bridgehead atoms. The predicted octanol–water partition coefficient (Wildman–Crippen LogP) is 3.68. The van der Waals surface area contributed by atoms with Gasteiger partial charge in [0.1, 0.15) is 12.3 Å². The molecule has 3 rings (SSSR count). The van der Waals surface area contributed by atoms with Crippen molar-refractivity contribution < 1.29 is 14.4 Å². The third-order valence-electron chi connectivity index (χ3n) is 4.48. The van der Waals surface area contributed by atoms with Gasteiger partial charge in [-0.25, -0.2) is 4.68 Å². The Kier molecular flexibility index (Phi) is 13.6. The zero-order valence-corrected chi connectivity index (χ0v) is 20.9. The maximum absolute atomic E-state index is 12.1. The summed E-state index contributed by atoms with van der Waals surface area (Å²) in [5, 5.41) is 7.32. The van der Waals surface area contributed by atoms with E-state index >= 15 is 0 Å². The van der Waals surface area contributed by atoms with Crippen LogP contribution in [0.2, 0.25) is 0 Å². The second-order valence-corrected chi connectivity index (χ2v) is 8.98. The molecule has 0 aliphatic carbocycles. The van der Waals surface area contributed by atoms with Crippen LogP contribution >= 0.6 is 8.58 Å². The first-order valence-corrected chi connectivity index (χ1v) is 12.1. The van der Waals surface area contributed by atoms with Crippen LogP contribution in [0, 0.1) is 0 Å². The highest BCUT2D eigenvalue weighted by Crippen LogP contribution is 2.17. The third-order valence-corrected chi connectivity index (χ3v) is 5.33. The standard InChI is InChI=1S/C21H21N3O2.C4H9OP.CH2O/c1-16(25)22-13-12-17-8-5-9-19(14-17)20-10-11-21(26)24(23-20)15-18-6-3-2-4-7-18;1-3-6-4(2)5;1-2/h2-11,14H,12-13,15H2,1H3,(H,22,25);6H,3H2,1-2H3;1H2. The average Bonchev–Trinajstić information content (AvgIpc) is 2.83. The summed E-state index contributed by atoms with van der Waals surface area (Å²) in [5.74, 6) is -0.0317. The number of nitrogens with zero attached hydrogens (tertiary/aromatic N) is 2. The quantitative estimate of drug-likeness (QED) is 0.495. The molecule has 1 atom stereocenters. The summed E-state index contributed by atoms with van der Waals surface area (Å²) in [5.41, 5.74) is 4.04. The van der Waals surface area contributed by atoms with Crippen LogP contribution in [-0.2, 0) is 27.3 Å². The lowest BCUT2D eigenvalue weighted by Crippen LogP contribution is -2.23. The molecule has 1 heterocycles. The molecule has 180 valence electrons. The smallest absolute Gasteiger partial charge is 0.267 e. The fourth-order valence-corrected chi connectivity index (χ4v) is 3.49. The van der Waals surface area contributed by atoms with Crippen molar-refractivity contribution in [1.29, 1.82) is 0 Å². The minimum atomic E-state index is -0.126. The summed E-state index contributed by atoms with van der Waals surface area (Å²) < 4.78 is 1.48. The maximum Gasteiger partial charge on any atom is 0.267 e. The van der Waals surface area contributed by atoms with E-state index in [2.05, 4.69) is 10.4 Å². The van der Waals surface area contributed by atoms with Gasteiger partial charge in [0, 0.05) is 25.1 Å². The highest BCUT2D eigenvalue weighted by molar-refractivity contribution is 7.57. The molecular formula is C26H32N3O4P. The van der Waals surface area contributed by atoms with Crippen LogP contribution in [0.1, 0.15) is 31.9 Å². The Hall–Kier alpha value is -3.44. The molecule has 0 aliphatic rings. The summed E-state index contributed by atoms with van der Waals surface area (Å²) in [6.45, 7) is 8.19. The number of carbonyl (C=O) groups is 3. The molecule has 34 heavy (non-hydrogen) atoms. The molecule has 0 spiro atoms. The Balaban J connectivity index is 0.000000631. The van der Waals surface area contributed by atoms with Crippen molar-refractivity contribution in [2.75, 3.05) is 12.7 Å². The number of nitrogens with one attached hydrogen (secondary N) is 1. The molecule has 0 aliphatic heterocycles. The topological polar surface area (TPSA) is 98.1 Å². The van der Waals surface area contributed by atoms with Gasteiger partial charge in [-0.1, -0.05) is 64.0 Å². The minimum Gasteiger partial charge on any atom is -0.356 e. The van der Waals surface area contributed by atoms with Crippen molar-refractivity contribution in [3.8, 4) is 11.3 Å². The molecule has 0 radical (unpaired) electrons. The van der Waals surface area contributed by atoms with Crippen molar-refractivity contribution in [2.45, 2.75) is 33.7 Å². The molecule has 1 amide bonds. The predicted molar refractivity (Wildman–Crippen MR) is 139 cm³/mol. The van der Waals surface area contributed by atoms with Gasteiger partial charge in [-0.05, 0) is 42.8 Å². The zero-order chi connectivity index (χ0) is 25.3. The lowest BCUT2D eigenvalue weighted by molar-refractivity contribution is -0.119. The van der Waals surface area contributed by atoms with Gasteiger partial charge in [0.25, 0.3) is 5.56 Å². The molecule has 0 fully saturated rings. The Labute approximate surface area is 202 Å². The first-order valence-electron chi connectivity index (χ1n) is 10.9. The van der Waals surface area contributed by atoms with Gasteiger partial charge in [0.15, 0.2) is 0 Å².